The molecule has 1 aromatic carbocycles. The van der Waals surface area contributed by atoms with E-state index >= 15 is 0 Å². The Morgan fingerprint density at radius 2 is 1.95 bits per heavy atom. The molecule has 2 rings (SSSR count). The normalized spacial score (nSPS) is 22.7. The quantitative estimate of drug-likeness (QED) is 0.915. The van der Waals surface area contributed by atoms with Gasteiger partial charge in [-0.25, -0.2) is 0 Å². The highest BCUT2D eigenvalue weighted by Crippen LogP contribution is 2.29. The van der Waals surface area contributed by atoms with Crippen LogP contribution in [0.4, 0.5) is 13.2 Å². The van der Waals surface area contributed by atoms with Crippen molar-refractivity contribution in [3.8, 4) is 0 Å². The molecule has 1 fully saturated rings. The van der Waals surface area contributed by atoms with Crippen LogP contribution >= 0.6 is 0 Å². The van der Waals surface area contributed by atoms with Crippen LogP contribution in [-0.4, -0.2) is 29.2 Å². The third-order valence-electron chi connectivity index (χ3n) is 3.68. The van der Waals surface area contributed by atoms with Crippen molar-refractivity contribution in [2.45, 2.75) is 32.2 Å². The number of hydrogen-bond acceptors (Lipinski definition) is 2. The molecule has 1 saturated heterocycles. The number of hydrogen-bond donors (Lipinski definition) is 1. The molecule has 1 aliphatic heterocycles. The number of halogens is 3. The Hall–Kier alpha value is -1.07. The molecule has 0 radical (unpaired) electrons. The van der Waals surface area contributed by atoms with Crippen molar-refractivity contribution in [2.75, 3.05) is 13.1 Å². The third-order valence-corrected chi connectivity index (χ3v) is 3.68. The number of likely N-dealkylation sites (tertiary alicyclic amines) is 1. The lowest BCUT2D eigenvalue weighted by molar-refractivity contribution is -0.137. The molecule has 2 nitrogen and oxygen atoms in total. The van der Waals surface area contributed by atoms with Gasteiger partial charge in [-0.05, 0) is 43.5 Å². The number of aliphatic hydroxyl groups is 1. The van der Waals surface area contributed by atoms with Gasteiger partial charge in [0.1, 0.15) is 0 Å². The smallest absolute Gasteiger partial charge is 0.393 e. The number of rotatable bonds is 3. The van der Waals surface area contributed by atoms with Crippen molar-refractivity contribution in [1.29, 1.82) is 0 Å². The molecule has 2 unspecified atom stereocenters. The maximum absolute atomic E-state index is 12.4. The van der Waals surface area contributed by atoms with Gasteiger partial charge in [0.2, 0.25) is 0 Å². The molecule has 1 heterocycles. The van der Waals surface area contributed by atoms with Gasteiger partial charge >= 0.3 is 6.18 Å². The highest BCUT2D eigenvalue weighted by Gasteiger charge is 2.30. The lowest BCUT2D eigenvalue weighted by Gasteiger charge is -2.17. The van der Waals surface area contributed by atoms with Gasteiger partial charge in [0, 0.05) is 13.1 Å². The number of alkyl halides is 3. The standard InChI is InChI=1S/C14H18F3NO/c1-10(19)12-6-7-18(9-12)8-11-2-4-13(5-3-11)14(15,16)17/h2-5,10,12,19H,6-9H2,1H3. The highest BCUT2D eigenvalue weighted by atomic mass is 19.4. The first kappa shape index (κ1) is 14.3. The van der Waals surface area contributed by atoms with E-state index in [1.165, 1.54) is 12.1 Å². The summed E-state index contributed by atoms with van der Waals surface area (Å²) in [6.07, 6.45) is -3.65. The first-order chi connectivity index (χ1) is 8.86. The van der Waals surface area contributed by atoms with Crippen LogP contribution in [0.15, 0.2) is 24.3 Å². The average molecular weight is 273 g/mol. The monoisotopic (exact) mass is 273 g/mol. The van der Waals surface area contributed by atoms with Crippen molar-refractivity contribution in [3.05, 3.63) is 35.4 Å². The molecular weight excluding hydrogens is 255 g/mol. The van der Waals surface area contributed by atoms with Crippen molar-refractivity contribution in [2.24, 2.45) is 5.92 Å². The van der Waals surface area contributed by atoms with Crippen molar-refractivity contribution in [3.63, 3.8) is 0 Å². The van der Waals surface area contributed by atoms with Crippen molar-refractivity contribution >= 4 is 0 Å². The summed E-state index contributed by atoms with van der Waals surface area (Å²) >= 11 is 0. The van der Waals surface area contributed by atoms with Gasteiger partial charge in [0.05, 0.1) is 11.7 Å². The van der Waals surface area contributed by atoms with Crippen molar-refractivity contribution < 1.29 is 18.3 Å². The van der Waals surface area contributed by atoms with Gasteiger partial charge in [-0.1, -0.05) is 12.1 Å². The lowest BCUT2D eigenvalue weighted by Crippen LogP contribution is -2.24. The second-order valence-electron chi connectivity index (χ2n) is 5.22. The summed E-state index contributed by atoms with van der Waals surface area (Å²) in [4.78, 5) is 2.17. The fraction of sp³-hybridized carbons (Fsp3) is 0.571. The zero-order chi connectivity index (χ0) is 14.0. The topological polar surface area (TPSA) is 23.5 Å². The summed E-state index contributed by atoms with van der Waals surface area (Å²) < 4.78 is 37.3. The van der Waals surface area contributed by atoms with E-state index in [-0.39, 0.29) is 12.0 Å². The Bertz CT molecular complexity index is 414. The summed E-state index contributed by atoms with van der Waals surface area (Å²) in [5, 5.41) is 9.51. The van der Waals surface area contributed by atoms with Crippen LogP contribution in [0.1, 0.15) is 24.5 Å². The maximum atomic E-state index is 12.4. The van der Waals surface area contributed by atoms with Crippen LogP contribution in [0.3, 0.4) is 0 Å². The Labute approximate surface area is 110 Å². The Morgan fingerprint density at radius 3 is 2.42 bits per heavy atom. The van der Waals surface area contributed by atoms with Crippen LogP contribution in [-0.2, 0) is 12.7 Å². The van der Waals surface area contributed by atoms with Gasteiger partial charge in [-0.15, -0.1) is 0 Å². The van der Waals surface area contributed by atoms with Gasteiger partial charge in [0.25, 0.3) is 0 Å². The summed E-state index contributed by atoms with van der Waals surface area (Å²) in [6, 6.07) is 5.30. The van der Waals surface area contributed by atoms with Crippen LogP contribution < -0.4 is 0 Å². The number of aliphatic hydroxyl groups excluding tert-OH is 1. The fourth-order valence-corrected chi connectivity index (χ4v) is 2.46. The van der Waals surface area contributed by atoms with Crippen molar-refractivity contribution in [1.82, 2.24) is 4.90 Å². The summed E-state index contributed by atoms with van der Waals surface area (Å²) in [5.41, 5.74) is 0.263. The molecule has 0 aromatic heterocycles. The van der Waals surface area contributed by atoms with Gasteiger partial charge in [-0.2, -0.15) is 13.2 Å². The molecule has 2 atom stereocenters. The van der Waals surface area contributed by atoms with Gasteiger partial charge in [0.15, 0.2) is 0 Å². The van der Waals surface area contributed by atoms with E-state index in [0.29, 0.717) is 6.54 Å². The minimum absolute atomic E-state index is 0.273. The van der Waals surface area contributed by atoms with E-state index in [1.54, 1.807) is 6.92 Å². The average Bonchev–Trinajstić information content (AvgIpc) is 2.77. The molecule has 5 heteroatoms. The largest absolute Gasteiger partial charge is 0.416 e. The van der Waals surface area contributed by atoms with E-state index < -0.39 is 11.7 Å². The SMILES string of the molecule is CC(O)C1CCN(Cc2ccc(C(F)(F)F)cc2)C1. The molecule has 1 aromatic rings. The van der Waals surface area contributed by atoms with E-state index in [1.807, 2.05) is 0 Å². The molecular formula is C14H18F3NO. The first-order valence-electron chi connectivity index (χ1n) is 6.43. The molecule has 19 heavy (non-hydrogen) atoms. The van der Waals surface area contributed by atoms with E-state index in [4.69, 9.17) is 0 Å². The first-order valence-corrected chi connectivity index (χ1v) is 6.43. The zero-order valence-corrected chi connectivity index (χ0v) is 10.8. The maximum Gasteiger partial charge on any atom is 0.416 e. The molecule has 0 spiro atoms. The Morgan fingerprint density at radius 1 is 1.32 bits per heavy atom. The molecule has 1 aliphatic rings. The van der Waals surface area contributed by atoms with Crippen LogP contribution in [0.5, 0.6) is 0 Å². The summed E-state index contributed by atoms with van der Waals surface area (Å²) in [6.45, 7) is 4.11. The molecule has 0 saturated carbocycles. The molecule has 106 valence electrons. The molecule has 0 amide bonds. The number of benzene rings is 1. The molecule has 1 N–H and O–H groups in total. The highest BCUT2D eigenvalue weighted by molar-refractivity contribution is 5.24. The van der Waals surface area contributed by atoms with E-state index in [9.17, 15) is 18.3 Å². The predicted octanol–water partition coefficient (Wildman–Crippen LogP) is 2.91. The zero-order valence-electron chi connectivity index (χ0n) is 10.8. The van der Waals surface area contributed by atoms with Crippen LogP contribution in [0.25, 0.3) is 0 Å². The summed E-state index contributed by atoms with van der Waals surface area (Å²) in [5.74, 6) is 0.273. The Balaban J connectivity index is 1.94. The minimum atomic E-state index is -4.27. The third kappa shape index (κ3) is 3.70. The van der Waals surface area contributed by atoms with E-state index in [0.717, 1.165) is 37.2 Å². The van der Waals surface area contributed by atoms with Crippen LogP contribution in [0.2, 0.25) is 0 Å². The second-order valence-corrected chi connectivity index (χ2v) is 5.22. The predicted molar refractivity (Wildman–Crippen MR) is 66.5 cm³/mol. The second kappa shape index (κ2) is 5.51. The minimum Gasteiger partial charge on any atom is -0.393 e. The molecule has 0 aliphatic carbocycles. The van der Waals surface area contributed by atoms with Gasteiger partial charge < -0.3 is 5.11 Å². The van der Waals surface area contributed by atoms with Crippen LogP contribution in [0, 0.1) is 5.92 Å². The lowest BCUT2D eigenvalue weighted by atomic mass is 10.0. The van der Waals surface area contributed by atoms with Gasteiger partial charge in [-0.3, -0.25) is 4.90 Å². The number of nitrogens with zero attached hydrogens (tertiary/aromatic N) is 1. The summed E-state index contributed by atoms with van der Waals surface area (Å²) in [7, 11) is 0. The molecule has 0 bridgehead atoms. The Kier molecular flexibility index (Phi) is 4.16. The van der Waals surface area contributed by atoms with E-state index in [2.05, 4.69) is 4.90 Å². The fourth-order valence-electron chi connectivity index (χ4n) is 2.46.